The molecule has 1 aromatic heterocycles. The second kappa shape index (κ2) is 6.73. The van der Waals surface area contributed by atoms with Crippen LogP contribution < -0.4 is 10.2 Å². The Labute approximate surface area is 109 Å². The largest absolute Gasteiger partial charge is 0.337 e. The van der Waals surface area contributed by atoms with E-state index < -0.39 is 0 Å². The molecular formula is C13H25N5. The van der Waals surface area contributed by atoms with Crippen LogP contribution in [-0.4, -0.2) is 40.9 Å². The lowest BCUT2D eigenvalue weighted by atomic mass is 10.1. The number of aromatic amines is 1. The van der Waals surface area contributed by atoms with Crippen LogP contribution in [0.15, 0.2) is 0 Å². The lowest BCUT2D eigenvalue weighted by molar-refractivity contribution is 0.479. The zero-order valence-electron chi connectivity index (χ0n) is 11.6. The van der Waals surface area contributed by atoms with E-state index in [1.165, 1.54) is 25.7 Å². The lowest BCUT2D eigenvalue weighted by Gasteiger charge is -2.30. The van der Waals surface area contributed by atoms with Crippen LogP contribution in [0.5, 0.6) is 0 Å². The lowest BCUT2D eigenvalue weighted by Crippen LogP contribution is -2.49. The first-order valence-electron chi connectivity index (χ1n) is 7.19. The minimum absolute atomic E-state index is 0.519. The number of anilines is 1. The molecule has 0 radical (unpaired) electrons. The highest BCUT2D eigenvalue weighted by Gasteiger charge is 2.18. The van der Waals surface area contributed by atoms with Crippen molar-refractivity contribution in [3.05, 3.63) is 5.82 Å². The number of hydrogen-bond donors (Lipinski definition) is 2. The Morgan fingerprint density at radius 1 is 1.33 bits per heavy atom. The molecule has 5 heteroatoms. The van der Waals surface area contributed by atoms with Gasteiger partial charge in [0, 0.05) is 32.1 Å². The number of aryl methyl sites for hydroxylation is 1. The highest BCUT2D eigenvalue weighted by Crippen LogP contribution is 2.11. The average molecular weight is 251 g/mol. The van der Waals surface area contributed by atoms with Crippen LogP contribution in [0.2, 0.25) is 0 Å². The Balaban J connectivity index is 1.81. The number of H-pyrrole nitrogens is 1. The molecule has 1 atom stereocenters. The van der Waals surface area contributed by atoms with Crippen LogP contribution in [-0.2, 0) is 6.42 Å². The number of rotatable bonds is 6. The van der Waals surface area contributed by atoms with Crippen LogP contribution in [0.3, 0.4) is 0 Å². The van der Waals surface area contributed by atoms with Gasteiger partial charge >= 0.3 is 0 Å². The first-order valence-corrected chi connectivity index (χ1v) is 7.19. The minimum Gasteiger partial charge on any atom is -0.337 e. The fraction of sp³-hybridized carbons (Fsp3) is 0.846. The van der Waals surface area contributed by atoms with Gasteiger partial charge < -0.3 is 10.2 Å². The summed E-state index contributed by atoms with van der Waals surface area (Å²) < 4.78 is 0. The van der Waals surface area contributed by atoms with Crippen molar-refractivity contribution in [1.82, 2.24) is 20.5 Å². The first kappa shape index (κ1) is 13.3. The van der Waals surface area contributed by atoms with E-state index in [-0.39, 0.29) is 0 Å². The Bertz CT molecular complexity index is 349. The zero-order valence-corrected chi connectivity index (χ0v) is 11.6. The van der Waals surface area contributed by atoms with E-state index in [1.807, 2.05) is 0 Å². The zero-order chi connectivity index (χ0) is 12.8. The van der Waals surface area contributed by atoms with Crippen LogP contribution in [0.25, 0.3) is 0 Å². The van der Waals surface area contributed by atoms with Gasteiger partial charge in [0.2, 0.25) is 5.95 Å². The molecule has 18 heavy (non-hydrogen) atoms. The van der Waals surface area contributed by atoms with Crippen molar-refractivity contribution in [3.8, 4) is 0 Å². The van der Waals surface area contributed by atoms with Gasteiger partial charge in [-0.3, -0.25) is 5.10 Å². The van der Waals surface area contributed by atoms with Gasteiger partial charge in [0.1, 0.15) is 5.82 Å². The van der Waals surface area contributed by atoms with Crippen molar-refractivity contribution in [3.63, 3.8) is 0 Å². The summed E-state index contributed by atoms with van der Waals surface area (Å²) in [6, 6.07) is 0.519. The Kier molecular flexibility index (Phi) is 4.99. The second-order valence-corrected chi connectivity index (χ2v) is 5.19. The fourth-order valence-electron chi connectivity index (χ4n) is 2.37. The quantitative estimate of drug-likeness (QED) is 0.756. The molecule has 2 rings (SSSR count). The molecule has 0 saturated carbocycles. The number of aromatic nitrogens is 3. The summed E-state index contributed by atoms with van der Waals surface area (Å²) >= 11 is 0. The number of nitrogens with one attached hydrogen (secondary N) is 2. The van der Waals surface area contributed by atoms with E-state index in [1.54, 1.807) is 0 Å². The van der Waals surface area contributed by atoms with E-state index in [2.05, 4.69) is 39.2 Å². The number of nitrogens with zero attached hydrogens (tertiary/aromatic N) is 3. The van der Waals surface area contributed by atoms with E-state index in [9.17, 15) is 0 Å². The van der Waals surface area contributed by atoms with Crippen LogP contribution in [0, 0.1) is 0 Å². The number of hydrogen-bond acceptors (Lipinski definition) is 4. The summed E-state index contributed by atoms with van der Waals surface area (Å²) in [4.78, 5) is 6.85. The number of piperazine rings is 1. The van der Waals surface area contributed by atoms with Crippen molar-refractivity contribution in [2.24, 2.45) is 0 Å². The molecule has 1 saturated heterocycles. The minimum atomic E-state index is 0.519. The Hall–Kier alpha value is -1.10. The van der Waals surface area contributed by atoms with Crippen molar-refractivity contribution < 1.29 is 0 Å². The molecule has 0 amide bonds. The van der Waals surface area contributed by atoms with E-state index in [0.717, 1.165) is 37.8 Å². The third-order valence-electron chi connectivity index (χ3n) is 3.44. The molecule has 1 aromatic rings. The molecule has 2 heterocycles. The smallest absolute Gasteiger partial charge is 0.244 e. The summed E-state index contributed by atoms with van der Waals surface area (Å²) in [6.07, 6.45) is 6.11. The summed E-state index contributed by atoms with van der Waals surface area (Å²) in [5.74, 6) is 1.90. The summed E-state index contributed by atoms with van der Waals surface area (Å²) in [6.45, 7) is 7.44. The molecule has 1 fully saturated rings. The van der Waals surface area contributed by atoms with Gasteiger partial charge in [0.25, 0.3) is 0 Å². The average Bonchev–Trinajstić information content (AvgIpc) is 2.83. The summed E-state index contributed by atoms with van der Waals surface area (Å²) in [7, 11) is 0. The molecule has 0 spiro atoms. The van der Waals surface area contributed by atoms with E-state index >= 15 is 0 Å². The molecule has 0 aliphatic carbocycles. The highest BCUT2D eigenvalue weighted by atomic mass is 15.4. The predicted molar refractivity (Wildman–Crippen MR) is 73.9 cm³/mol. The molecule has 0 unspecified atom stereocenters. The van der Waals surface area contributed by atoms with Crippen LogP contribution in [0.1, 0.15) is 45.4 Å². The van der Waals surface area contributed by atoms with Gasteiger partial charge in [-0.05, 0) is 13.3 Å². The highest BCUT2D eigenvalue weighted by molar-refractivity contribution is 5.30. The van der Waals surface area contributed by atoms with E-state index in [4.69, 9.17) is 0 Å². The topological polar surface area (TPSA) is 56.8 Å². The van der Waals surface area contributed by atoms with Crippen LogP contribution in [0.4, 0.5) is 5.95 Å². The van der Waals surface area contributed by atoms with Crippen molar-refractivity contribution >= 4 is 5.95 Å². The van der Waals surface area contributed by atoms with E-state index in [0.29, 0.717) is 6.04 Å². The van der Waals surface area contributed by atoms with Crippen molar-refractivity contribution in [2.75, 3.05) is 24.5 Å². The van der Waals surface area contributed by atoms with Gasteiger partial charge in [0.05, 0.1) is 0 Å². The molecular weight excluding hydrogens is 226 g/mol. The van der Waals surface area contributed by atoms with Gasteiger partial charge in [-0.1, -0.05) is 26.2 Å². The van der Waals surface area contributed by atoms with Crippen LogP contribution >= 0.6 is 0 Å². The van der Waals surface area contributed by atoms with Gasteiger partial charge in [-0.2, -0.15) is 4.98 Å². The van der Waals surface area contributed by atoms with Crippen molar-refractivity contribution in [2.45, 2.75) is 52.0 Å². The van der Waals surface area contributed by atoms with Gasteiger partial charge in [-0.25, -0.2) is 0 Å². The molecule has 0 aromatic carbocycles. The standard InChI is InChI=1S/C13H25N5/c1-3-4-5-6-7-12-15-13(17-16-12)18-9-8-14-11(2)10-18/h11,14H,3-10H2,1-2H3,(H,15,16,17)/t11-/m0/s1. The maximum absolute atomic E-state index is 4.60. The Morgan fingerprint density at radius 3 is 3.00 bits per heavy atom. The maximum Gasteiger partial charge on any atom is 0.244 e. The Morgan fingerprint density at radius 2 is 2.22 bits per heavy atom. The molecule has 2 N–H and O–H groups in total. The number of unbranched alkanes of at least 4 members (excludes halogenated alkanes) is 3. The third-order valence-corrected chi connectivity index (χ3v) is 3.44. The molecule has 1 aliphatic rings. The normalized spacial score (nSPS) is 20.3. The maximum atomic E-state index is 4.60. The van der Waals surface area contributed by atoms with Gasteiger partial charge in [-0.15, -0.1) is 5.10 Å². The summed E-state index contributed by atoms with van der Waals surface area (Å²) in [5, 5.41) is 10.8. The summed E-state index contributed by atoms with van der Waals surface area (Å²) in [5.41, 5.74) is 0. The molecule has 0 bridgehead atoms. The molecule has 5 nitrogen and oxygen atoms in total. The predicted octanol–water partition coefficient (Wildman–Crippen LogP) is 1.73. The van der Waals surface area contributed by atoms with Gasteiger partial charge in [0.15, 0.2) is 0 Å². The molecule has 1 aliphatic heterocycles. The fourth-order valence-corrected chi connectivity index (χ4v) is 2.37. The first-order chi connectivity index (χ1) is 8.79. The van der Waals surface area contributed by atoms with Crippen molar-refractivity contribution in [1.29, 1.82) is 0 Å². The SMILES string of the molecule is CCCCCCc1nc(N2CCN[C@@H](C)C2)n[nH]1. The second-order valence-electron chi connectivity index (χ2n) is 5.19. The molecule has 102 valence electrons. The monoisotopic (exact) mass is 251 g/mol. The third kappa shape index (κ3) is 3.70.